The summed E-state index contributed by atoms with van der Waals surface area (Å²) in [4.78, 5) is 21.8. The molecule has 0 atom stereocenters. The Morgan fingerprint density at radius 1 is 0.722 bits per heavy atom. The molecule has 0 aliphatic carbocycles. The fourth-order valence-corrected chi connectivity index (χ4v) is 2.03. The Kier molecular flexibility index (Phi) is 5.10. The zero-order chi connectivity index (χ0) is 14.0. The van der Waals surface area contributed by atoms with Crippen molar-refractivity contribution in [2.45, 2.75) is 13.8 Å². The smallest absolute Gasteiger partial charge is 0.308 e. The summed E-state index contributed by atoms with van der Waals surface area (Å²) in [6.07, 6.45) is 0. The Balaban J connectivity index is 3.44. The third-order valence-corrected chi connectivity index (χ3v) is 3.31. The van der Waals surface area contributed by atoms with Gasteiger partial charge in [-0.2, -0.15) is 0 Å². The lowest BCUT2D eigenvalue weighted by Crippen LogP contribution is -2.06. The Morgan fingerprint density at radius 2 is 0.944 bits per heavy atom. The van der Waals surface area contributed by atoms with Crippen LogP contribution in [0.1, 0.15) is 13.8 Å². The van der Waals surface area contributed by atoms with Crippen LogP contribution < -0.4 is 9.47 Å². The molecule has 1 aromatic carbocycles. The molecule has 0 aliphatic rings. The zero-order valence-corrected chi connectivity index (χ0v) is 12.2. The predicted molar refractivity (Wildman–Crippen MR) is 69.1 cm³/mol. The summed E-state index contributed by atoms with van der Waals surface area (Å²) in [5.74, 6) is -1.66. The first kappa shape index (κ1) is 15.4. The van der Waals surface area contributed by atoms with E-state index < -0.39 is 11.9 Å². The molecule has 0 saturated heterocycles. The lowest BCUT2D eigenvalue weighted by Gasteiger charge is -2.13. The van der Waals surface area contributed by atoms with Gasteiger partial charge in [-0.25, -0.2) is 0 Å². The molecular weight excluding hydrogens is 326 g/mol. The Morgan fingerprint density at radius 3 is 1.11 bits per heavy atom. The second kappa shape index (κ2) is 5.97. The first-order valence-corrected chi connectivity index (χ1v) is 5.99. The summed E-state index contributed by atoms with van der Waals surface area (Å²) >= 11 is 23.4. The topological polar surface area (TPSA) is 52.6 Å². The highest BCUT2D eigenvalue weighted by atomic mass is 35.5. The van der Waals surface area contributed by atoms with E-state index in [-0.39, 0.29) is 31.6 Å². The van der Waals surface area contributed by atoms with Crippen LogP contribution in [0.2, 0.25) is 20.1 Å². The zero-order valence-electron chi connectivity index (χ0n) is 9.14. The van der Waals surface area contributed by atoms with Gasteiger partial charge < -0.3 is 9.47 Å². The van der Waals surface area contributed by atoms with Crippen LogP contribution in [0, 0.1) is 0 Å². The molecule has 0 amide bonds. The van der Waals surface area contributed by atoms with Crippen LogP contribution in [0.3, 0.4) is 0 Å². The van der Waals surface area contributed by atoms with Gasteiger partial charge in [0, 0.05) is 13.8 Å². The van der Waals surface area contributed by atoms with Gasteiger partial charge in [-0.15, -0.1) is 0 Å². The van der Waals surface area contributed by atoms with E-state index in [4.69, 9.17) is 55.9 Å². The third kappa shape index (κ3) is 3.20. The van der Waals surface area contributed by atoms with Gasteiger partial charge in [0.15, 0.2) is 11.5 Å². The van der Waals surface area contributed by atoms with Crippen LogP contribution in [0.25, 0.3) is 0 Å². The number of ether oxygens (including phenoxy) is 2. The number of esters is 2. The summed E-state index contributed by atoms with van der Waals surface area (Å²) in [6.45, 7) is 2.32. The van der Waals surface area contributed by atoms with Crippen LogP contribution >= 0.6 is 46.4 Å². The second-order valence-corrected chi connectivity index (χ2v) is 4.61. The van der Waals surface area contributed by atoms with Crippen LogP contribution in [-0.2, 0) is 9.59 Å². The molecular formula is C10H6Cl4O4. The van der Waals surface area contributed by atoms with Crippen LogP contribution in [-0.4, -0.2) is 11.9 Å². The number of hydrogen-bond donors (Lipinski definition) is 0. The number of halogens is 4. The normalized spacial score (nSPS) is 10.1. The van der Waals surface area contributed by atoms with E-state index in [0.29, 0.717) is 0 Å². The molecule has 4 nitrogen and oxygen atoms in total. The Hall–Kier alpha value is -0.680. The fraction of sp³-hybridized carbons (Fsp3) is 0.200. The molecule has 0 spiro atoms. The molecule has 1 rings (SSSR count). The highest BCUT2D eigenvalue weighted by Gasteiger charge is 2.24. The SMILES string of the molecule is CC(=O)Oc1c(Cl)c(Cl)c(OC(C)=O)c(Cl)c1Cl. The molecule has 98 valence electrons. The van der Waals surface area contributed by atoms with E-state index in [1.54, 1.807) is 0 Å². The summed E-state index contributed by atoms with van der Waals surface area (Å²) < 4.78 is 9.57. The number of carbonyl (C=O) groups excluding carboxylic acids is 2. The van der Waals surface area contributed by atoms with Crippen LogP contribution in [0.4, 0.5) is 0 Å². The molecule has 8 heteroatoms. The van der Waals surface area contributed by atoms with Crippen molar-refractivity contribution in [3.8, 4) is 11.5 Å². The summed E-state index contributed by atoms with van der Waals surface area (Å²) in [6, 6.07) is 0. The van der Waals surface area contributed by atoms with E-state index >= 15 is 0 Å². The van der Waals surface area contributed by atoms with Crippen molar-refractivity contribution >= 4 is 58.3 Å². The summed E-state index contributed by atoms with van der Waals surface area (Å²) in [5, 5.41) is -0.676. The number of rotatable bonds is 2. The van der Waals surface area contributed by atoms with Gasteiger partial charge in [0.2, 0.25) is 0 Å². The van der Waals surface area contributed by atoms with Crippen molar-refractivity contribution in [3.63, 3.8) is 0 Å². The molecule has 0 N–H and O–H groups in total. The molecule has 0 heterocycles. The van der Waals surface area contributed by atoms with E-state index in [0.717, 1.165) is 13.8 Å². The Bertz CT molecular complexity index is 451. The third-order valence-electron chi connectivity index (χ3n) is 1.67. The number of hydrogen-bond acceptors (Lipinski definition) is 4. The summed E-state index contributed by atoms with van der Waals surface area (Å²) in [7, 11) is 0. The van der Waals surface area contributed by atoms with Gasteiger partial charge in [0.05, 0.1) is 0 Å². The van der Waals surface area contributed by atoms with E-state index in [1.165, 1.54) is 0 Å². The van der Waals surface area contributed by atoms with Crippen molar-refractivity contribution in [2.75, 3.05) is 0 Å². The second-order valence-electron chi connectivity index (χ2n) is 3.10. The molecule has 0 radical (unpaired) electrons. The lowest BCUT2D eigenvalue weighted by molar-refractivity contribution is -0.133. The largest absolute Gasteiger partial charge is 0.423 e. The minimum absolute atomic E-state index is 0.169. The molecule has 0 fully saturated rings. The fourth-order valence-electron chi connectivity index (χ4n) is 1.06. The van der Waals surface area contributed by atoms with Gasteiger partial charge >= 0.3 is 11.9 Å². The maximum atomic E-state index is 10.9. The highest BCUT2D eigenvalue weighted by Crippen LogP contribution is 2.50. The maximum Gasteiger partial charge on any atom is 0.308 e. The minimum atomic E-state index is -0.647. The standard InChI is InChI=1S/C10H6Cl4O4/c1-3(15)17-9-5(11)7(13)10(18-4(2)16)8(14)6(9)12/h1-2H3. The molecule has 0 aromatic heterocycles. The van der Waals surface area contributed by atoms with Gasteiger partial charge in [0.1, 0.15) is 20.1 Å². The molecule has 0 saturated carbocycles. The van der Waals surface area contributed by atoms with E-state index in [9.17, 15) is 9.59 Å². The number of benzene rings is 1. The molecule has 0 bridgehead atoms. The van der Waals surface area contributed by atoms with Gasteiger partial charge in [-0.3, -0.25) is 9.59 Å². The predicted octanol–water partition coefficient (Wildman–Crippen LogP) is 4.15. The van der Waals surface area contributed by atoms with Gasteiger partial charge in [0.25, 0.3) is 0 Å². The van der Waals surface area contributed by atoms with Crippen molar-refractivity contribution in [3.05, 3.63) is 20.1 Å². The van der Waals surface area contributed by atoms with Crippen molar-refractivity contribution < 1.29 is 19.1 Å². The van der Waals surface area contributed by atoms with Crippen molar-refractivity contribution in [1.82, 2.24) is 0 Å². The van der Waals surface area contributed by atoms with E-state index in [1.807, 2.05) is 0 Å². The average Bonchev–Trinajstić information content (AvgIpc) is 2.27. The van der Waals surface area contributed by atoms with E-state index in [2.05, 4.69) is 0 Å². The molecule has 1 aromatic rings. The maximum absolute atomic E-state index is 10.9. The van der Waals surface area contributed by atoms with Gasteiger partial charge in [-0.05, 0) is 0 Å². The van der Waals surface area contributed by atoms with Crippen molar-refractivity contribution in [1.29, 1.82) is 0 Å². The van der Waals surface area contributed by atoms with Gasteiger partial charge in [-0.1, -0.05) is 46.4 Å². The monoisotopic (exact) mass is 330 g/mol. The van der Waals surface area contributed by atoms with Crippen molar-refractivity contribution in [2.24, 2.45) is 0 Å². The van der Waals surface area contributed by atoms with Crippen LogP contribution in [0.15, 0.2) is 0 Å². The first-order chi connectivity index (χ1) is 8.25. The minimum Gasteiger partial charge on any atom is -0.423 e. The lowest BCUT2D eigenvalue weighted by atomic mass is 10.3. The highest BCUT2D eigenvalue weighted by molar-refractivity contribution is 6.50. The molecule has 0 unspecified atom stereocenters. The Labute approximate surface area is 123 Å². The van der Waals surface area contributed by atoms with Crippen LogP contribution in [0.5, 0.6) is 11.5 Å². The average molecular weight is 332 g/mol. The molecule has 18 heavy (non-hydrogen) atoms. The number of carbonyl (C=O) groups is 2. The summed E-state index contributed by atoms with van der Waals surface area (Å²) in [5.41, 5.74) is 0. The molecule has 0 aliphatic heterocycles. The quantitative estimate of drug-likeness (QED) is 0.464. The first-order valence-electron chi connectivity index (χ1n) is 4.48.